The second-order valence-electron chi connectivity index (χ2n) is 5.92. The van der Waals surface area contributed by atoms with Crippen LogP contribution in [-0.2, 0) is 22.9 Å². The zero-order valence-corrected chi connectivity index (χ0v) is 14.8. The summed E-state index contributed by atoms with van der Waals surface area (Å²) in [5, 5.41) is 1.15. The molecule has 0 aliphatic carbocycles. The van der Waals surface area contributed by atoms with Crippen LogP contribution in [0.2, 0.25) is 0 Å². The number of fused-ring (bicyclic) bond motifs is 1. The smallest absolute Gasteiger partial charge is 0.240 e. The minimum absolute atomic E-state index is 0.315. The molecular formula is C19H22N2O2S. The van der Waals surface area contributed by atoms with Crippen molar-refractivity contribution in [3.05, 3.63) is 65.4 Å². The molecule has 0 saturated carbocycles. The Morgan fingerprint density at radius 3 is 2.46 bits per heavy atom. The van der Waals surface area contributed by atoms with Gasteiger partial charge in [0.05, 0.1) is 4.90 Å². The monoisotopic (exact) mass is 342 g/mol. The zero-order chi connectivity index (χ0) is 17.2. The molecule has 1 heterocycles. The molecule has 4 nitrogen and oxygen atoms in total. The molecule has 3 rings (SSSR count). The van der Waals surface area contributed by atoms with Gasteiger partial charge >= 0.3 is 0 Å². The van der Waals surface area contributed by atoms with Crippen LogP contribution < -0.4 is 4.72 Å². The third-order valence-electron chi connectivity index (χ3n) is 4.34. The first kappa shape index (κ1) is 16.7. The summed E-state index contributed by atoms with van der Waals surface area (Å²) in [5.41, 5.74) is 4.46. The van der Waals surface area contributed by atoms with Crippen LogP contribution in [0.25, 0.3) is 10.9 Å². The van der Waals surface area contributed by atoms with Gasteiger partial charge < -0.3 is 4.98 Å². The predicted octanol–water partition coefficient (Wildman–Crippen LogP) is 3.56. The standard InChI is InChI=1S/C19H22N2O2S/c1-3-15-8-10-16(11-9-15)24(22,23)20-13-12-17-14(2)21-19-7-5-4-6-18(17)19/h4-11,20-21H,3,12-13H2,1-2H3. The van der Waals surface area contributed by atoms with Gasteiger partial charge in [-0.1, -0.05) is 37.3 Å². The van der Waals surface area contributed by atoms with Crippen LogP contribution in [0.3, 0.4) is 0 Å². The van der Waals surface area contributed by atoms with Gasteiger partial charge in [-0.15, -0.1) is 0 Å². The fourth-order valence-corrected chi connectivity index (χ4v) is 3.99. The van der Waals surface area contributed by atoms with Crippen LogP contribution in [0.1, 0.15) is 23.7 Å². The highest BCUT2D eigenvalue weighted by atomic mass is 32.2. The van der Waals surface area contributed by atoms with E-state index in [2.05, 4.69) is 15.8 Å². The van der Waals surface area contributed by atoms with Crippen LogP contribution in [0.5, 0.6) is 0 Å². The maximum Gasteiger partial charge on any atom is 0.240 e. The molecule has 24 heavy (non-hydrogen) atoms. The lowest BCUT2D eigenvalue weighted by Crippen LogP contribution is -2.26. The van der Waals surface area contributed by atoms with E-state index in [9.17, 15) is 8.42 Å². The molecule has 0 fully saturated rings. The Balaban J connectivity index is 1.71. The summed E-state index contributed by atoms with van der Waals surface area (Å²) >= 11 is 0. The number of para-hydroxylation sites is 1. The number of aryl methyl sites for hydroxylation is 2. The molecule has 3 aromatic rings. The molecule has 0 unspecified atom stereocenters. The summed E-state index contributed by atoms with van der Waals surface area (Å²) in [6.45, 7) is 4.44. The molecule has 0 aliphatic heterocycles. The molecule has 0 atom stereocenters. The number of nitrogens with one attached hydrogen (secondary N) is 2. The average molecular weight is 342 g/mol. The van der Waals surface area contributed by atoms with Crippen molar-refractivity contribution in [1.29, 1.82) is 0 Å². The second-order valence-corrected chi connectivity index (χ2v) is 7.69. The first-order chi connectivity index (χ1) is 11.5. The highest BCUT2D eigenvalue weighted by molar-refractivity contribution is 7.89. The molecular weight excluding hydrogens is 320 g/mol. The van der Waals surface area contributed by atoms with Crippen molar-refractivity contribution in [3.63, 3.8) is 0 Å². The van der Waals surface area contributed by atoms with E-state index in [0.717, 1.165) is 34.1 Å². The minimum Gasteiger partial charge on any atom is -0.358 e. The Bertz CT molecular complexity index is 941. The van der Waals surface area contributed by atoms with E-state index in [4.69, 9.17) is 0 Å². The molecule has 0 saturated heterocycles. The Morgan fingerprint density at radius 2 is 1.75 bits per heavy atom. The van der Waals surface area contributed by atoms with Crippen LogP contribution >= 0.6 is 0 Å². The van der Waals surface area contributed by atoms with Crippen LogP contribution in [0, 0.1) is 6.92 Å². The Hall–Kier alpha value is -2.11. The summed E-state index contributed by atoms with van der Waals surface area (Å²) in [4.78, 5) is 3.66. The summed E-state index contributed by atoms with van der Waals surface area (Å²) < 4.78 is 27.5. The first-order valence-corrected chi connectivity index (χ1v) is 9.64. The van der Waals surface area contributed by atoms with Crippen LogP contribution in [-0.4, -0.2) is 19.9 Å². The summed E-state index contributed by atoms with van der Waals surface area (Å²) in [7, 11) is -3.46. The molecule has 0 bridgehead atoms. The number of H-pyrrole nitrogens is 1. The molecule has 1 aromatic heterocycles. The lowest BCUT2D eigenvalue weighted by Gasteiger charge is -2.08. The number of aromatic nitrogens is 1. The molecule has 5 heteroatoms. The average Bonchev–Trinajstić information content (AvgIpc) is 2.90. The summed E-state index contributed by atoms with van der Waals surface area (Å²) in [6.07, 6.45) is 1.55. The van der Waals surface area contributed by atoms with Crippen molar-refractivity contribution in [3.8, 4) is 0 Å². The topological polar surface area (TPSA) is 62.0 Å². The molecule has 0 spiro atoms. The van der Waals surface area contributed by atoms with Gasteiger partial charge in [-0.3, -0.25) is 0 Å². The highest BCUT2D eigenvalue weighted by Crippen LogP contribution is 2.22. The third-order valence-corrected chi connectivity index (χ3v) is 5.81. The van der Waals surface area contributed by atoms with Gasteiger partial charge in [0.1, 0.15) is 0 Å². The molecule has 2 aromatic carbocycles. The Labute approximate surface area is 143 Å². The Kier molecular flexibility index (Phi) is 4.73. The number of hydrogen-bond acceptors (Lipinski definition) is 2. The summed E-state index contributed by atoms with van der Waals surface area (Å²) in [5.74, 6) is 0. The van der Waals surface area contributed by atoms with Crippen molar-refractivity contribution in [2.75, 3.05) is 6.54 Å². The second kappa shape index (κ2) is 6.79. The highest BCUT2D eigenvalue weighted by Gasteiger charge is 2.14. The van der Waals surface area contributed by atoms with E-state index < -0.39 is 10.0 Å². The lowest BCUT2D eigenvalue weighted by molar-refractivity contribution is 0.581. The lowest BCUT2D eigenvalue weighted by atomic mass is 10.1. The maximum absolute atomic E-state index is 12.4. The van der Waals surface area contributed by atoms with Crippen molar-refractivity contribution >= 4 is 20.9 Å². The maximum atomic E-state index is 12.4. The molecule has 0 radical (unpaired) electrons. The number of rotatable bonds is 6. The molecule has 0 amide bonds. The first-order valence-electron chi connectivity index (χ1n) is 8.16. The molecule has 0 aliphatic rings. The van der Waals surface area contributed by atoms with E-state index >= 15 is 0 Å². The Morgan fingerprint density at radius 1 is 1.04 bits per heavy atom. The molecule has 2 N–H and O–H groups in total. The van der Waals surface area contributed by atoms with Crippen molar-refractivity contribution in [1.82, 2.24) is 9.71 Å². The van der Waals surface area contributed by atoms with Gasteiger partial charge in [0.15, 0.2) is 0 Å². The van der Waals surface area contributed by atoms with E-state index in [1.165, 1.54) is 0 Å². The van der Waals surface area contributed by atoms with E-state index in [0.29, 0.717) is 17.9 Å². The minimum atomic E-state index is -3.46. The fraction of sp³-hybridized carbons (Fsp3) is 0.263. The van der Waals surface area contributed by atoms with E-state index in [1.807, 2.05) is 44.2 Å². The zero-order valence-electron chi connectivity index (χ0n) is 14.0. The normalized spacial score (nSPS) is 11.9. The van der Waals surface area contributed by atoms with Crippen molar-refractivity contribution < 1.29 is 8.42 Å². The SMILES string of the molecule is CCc1ccc(S(=O)(=O)NCCc2c(C)[nH]c3ccccc23)cc1. The van der Waals surface area contributed by atoms with Crippen molar-refractivity contribution in [2.45, 2.75) is 31.6 Å². The van der Waals surface area contributed by atoms with Gasteiger partial charge in [0, 0.05) is 23.1 Å². The van der Waals surface area contributed by atoms with E-state index in [-0.39, 0.29) is 0 Å². The largest absolute Gasteiger partial charge is 0.358 e. The fourth-order valence-electron chi connectivity index (χ4n) is 2.95. The number of hydrogen-bond donors (Lipinski definition) is 2. The van der Waals surface area contributed by atoms with Gasteiger partial charge in [-0.05, 0) is 49.1 Å². The van der Waals surface area contributed by atoms with Gasteiger partial charge in [-0.25, -0.2) is 13.1 Å². The quantitative estimate of drug-likeness (QED) is 0.719. The molecule has 126 valence electrons. The van der Waals surface area contributed by atoms with E-state index in [1.54, 1.807) is 12.1 Å². The number of benzene rings is 2. The van der Waals surface area contributed by atoms with Gasteiger partial charge in [0.2, 0.25) is 10.0 Å². The van der Waals surface area contributed by atoms with Gasteiger partial charge in [0.25, 0.3) is 0 Å². The van der Waals surface area contributed by atoms with Crippen molar-refractivity contribution in [2.24, 2.45) is 0 Å². The van der Waals surface area contributed by atoms with Gasteiger partial charge in [-0.2, -0.15) is 0 Å². The number of aromatic amines is 1. The number of sulfonamides is 1. The van der Waals surface area contributed by atoms with Crippen LogP contribution in [0.4, 0.5) is 0 Å². The predicted molar refractivity (Wildman–Crippen MR) is 97.7 cm³/mol. The van der Waals surface area contributed by atoms with Crippen LogP contribution in [0.15, 0.2) is 53.4 Å². The summed E-state index contributed by atoms with van der Waals surface area (Å²) in [6, 6.07) is 15.1. The third kappa shape index (κ3) is 3.37.